The van der Waals surface area contributed by atoms with Crippen molar-refractivity contribution in [3.05, 3.63) is 66.4 Å². The molecule has 0 atom stereocenters. The third-order valence-corrected chi connectivity index (χ3v) is 3.72. The van der Waals surface area contributed by atoms with Crippen molar-refractivity contribution in [1.82, 2.24) is 9.78 Å². The molecule has 3 rings (SSSR count). The van der Waals surface area contributed by atoms with Gasteiger partial charge in [0.15, 0.2) is 0 Å². The van der Waals surface area contributed by atoms with Gasteiger partial charge in [-0.2, -0.15) is 5.10 Å². The third-order valence-electron chi connectivity index (χ3n) is 3.72. The summed E-state index contributed by atoms with van der Waals surface area (Å²) in [5.74, 6) is -0.434. The largest absolute Gasteiger partial charge is 0.387 e. The summed E-state index contributed by atoms with van der Waals surface area (Å²) in [6.45, 7) is 0.0727. The topological polar surface area (TPSA) is 79.2 Å². The number of aryl methyl sites for hydroxylation is 1. The van der Waals surface area contributed by atoms with Gasteiger partial charge in [0.05, 0.1) is 5.69 Å². The number of carbonyl (C=O) groups excluding carboxylic acids is 1. The van der Waals surface area contributed by atoms with Crippen molar-refractivity contribution in [3.8, 4) is 11.3 Å². The van der Waals surface area contributed by atoms with Crippen LogP contribution in [0.15, 0.2) is 60.8 Å². The van der Waals surface area contributed by atoms with Gasteiger partial charge in [0.25, 0.3) is 0 Å². The highest BCUT2D eigenvalue weighted by Crippen LogP contribution is 2.23. The number of nitrogens with one attached hydrogen (secondary N) is 2. The summed E-state index contributed by atoms with van der Waals surface area (Å²) in [6, 6.07) is 17.4. The van der Waals surface area contributed by atoms with Gasteiger partial charge in [0.1, 0.15) is 6.61 Å². The number of aliphatic hydroxyl groups excluding tert-OH is 1. The molecule has 0 aliphatic heterocycles. The van der Waals surface area contributed by atoms with Gasteiger partial charge in [-0.15, -0.1) is 0 Å². The van der Waals surface area contributed by atoms with Crippen LogP contribution in [0.5, 0.6) is 0 Å². The molecular weight excluding hydrogens is 316 g/mol. The van der Waals surface area contributed by atoms with Crippen LogP contribution in [0, 0.1) is 0 Å². The minimum Gasteiger partial charge on any atom is -0.387 e. The summed E-state index contributed by atoms with van der Waals surface area (Å²) in [5, 5.41) is 19.3. The first-order valence-corrected chi connectivity index (χ1v) is 7.98. The summed E-state index contributed by atoms with van der Waals surface area (Å²) < 4.78 is 1.80. The quantitative estimate of drug-likeness (QED) is 0.646. The zero-order valence-corrected chi connectivity index (χ0v) is 13.9. The van der Waals surface area contributed by atoms with E-state index in [0.717, 1.165) is 22.5 Å². The highest BCUT2D eigenvalue weighted by molar-refractivity contribution is 5.91. The first-order chi connectivity index (χ1) is 12.2. The number of nitrogens with zero attached hydrogens (tertiary/aromatic N) is 2. The van der Waals surface area contributed by atoms with Gasteiger partial charge in [-0.3, -0.25) is 9.48 Å². The fraction of sp³-hybridized carbons (Fsp3) is 0.158. The maximum Gasteiger partial charge on any atom is 0.250 e. The number of aliphatic hydroxyl groups is 1. The summed E-state index contributed by atoms with van der Waals surface area (Å²) in [4.78, 5) is 11.3. The Morgan fingerprint density at radius 2 is 1.88 bits per heavy atom. The normalized spacial score (nSPS) is 10.5. The molecule has 2 aromatic carbocycles. The summed E-state index contributed by atoms with van der Waals surface area (Å²) in [7, 11) is 1.90. The van der Waals surface area contributed by atoms with Crippen molar-refractivity contribution in [2.75, 3.05) is 17.2 Å². The van der Waals surface area contributed by atoms with Gasteiger partial charge in [-0.05, 0) is 18.2 Å². The van der Waals surface area contributed by atoms with E-state index >= 15 is 0 Å². The zero-order valence-electron chi connectivity index (χ0n) is 13.9. The molecule has 0 radical (unpaired) electrons. The Hall–Kier alpha value is -3.12. The van der Waals surface area contributed by atoms with E-state index in [1.54, 1.807) is 10.7 Å². The SMILES string of the molecule is Cn1cc(CNc2cccc(NC(=O)CO)c2)c(-c2ccccc2)n1. The summed E-state index contributed by atoms with van der Waals surface area (Å²) in [6.07, 6.45) is 1.99. The monoisotopic (exact) mass is 336 g/mol. The molecule has 6 heteroatoms. The van der Waals surface area contributed by atoms with Gasteiger partial charge < -0.3 is 15.7 Å². The van der Waals surface area contributed by atoms with Crippen LogP contribution in [0.2, 0.25) is 0 Å². The Balaban J connectivity index is 1.74. The molecule has 0 aliphatic carbocycles. The Bertz CT molecular complexity index is 859. The van der Waals surface area contributed by atoms with Crippen LogP contribution >= 0.6 is 0 Å². The number of carbonyl (C=O) groups is 1. The molecule has 0 spiro atoms. The number of aromatic nitrogens is 2. The highest BCUT2D eigenvalue weighted by atomic mass is 16.3. The van der Waals surface area contributed by atoms with Crippen molar-refractivity contribution in [2.24, 2.45) is 7.05 Å². The van der Waals surface area contributed by atoms with Crippen LogP contribution in [-0.2, 0) is 18.4 Å². The lowest BCUT2D eigenvalue weighted by atomic mass is 10.1. The molecule has 25 heavy (non-hydrogen) atoms. The lowest BCUT2D eigenvalue weighted by molar-refractivity contribution is -0.118. The zero-order chi connectivity index (χ0) is 17.6. The Morgan fingerprint density at radius 3 is 2.64 bits per heavy atom. The Kier molecular flexibility index (Phi) is 5.11. The van der Waals surface area contributed by atoms with Crippen LogP contribution in [0.25, 0.3) is 11.3 Å². The summed E-state index contributed by atoms with van der Waals surface area (Å²) >= 11 is 0. The number of rotatable bonds is 6. The van der Waals surface area contributed by atoms with E-state index in [4.69, 9.17) is 5.11 Å². The lowest BCUT2D eigenvalue weighted by Gasteiger charge is -2.09. The fourth-order valence-corrected chi connectivity index (χ4v) is 2.61. The van der Waals surface area contributed by atoms with Gasteiger partial charge in [0, 0.05) is 42.3 Å². The minimum absolute atomic E-state index is 0.434. The maximum atomic E-state index is 11.3. The first-order valence-electron chi connectivity index (χ1n) is 7.98. The number of anilines is 2. The van der Waals surface area contributed by atoms with Crippen molar-refractivity contribution in [3.63, 3.8) is 0 Å². The van der Waals surface area contributed by atoms with E-state index in [1.165, 1.54) is 0 Å². The van der Waals surface area contributed by atoms with Crippen LogP contribution in [0.1, 0.15) is 5.56 Å². The molecule has 128 valence electrons. The van der Waals surface area contributed by atoms with E-state index in [9.17, 15) is 4.79 Å². The number of benzene rings is 2. The molecule has 0 unspecified atom stereocenters. The standard InChI is InChI=1S/C19H20N4O2/c1-23-12-15(19(22-23)14-6-3-2-4-7-14)11-20-16-8-5-9-17(10-16)21-18(25)13-24/h2-10,12,20,24H,11,13H2,1H3,(H,21,25). The second-order valence-electron chi connectivity index (χ2n) is 5.68. The minimum atomic E-state index is -0.534. The van der Waals surface area contributed by atoms with Crippen molar-refractivity contribution >= 4 is 17.3 Å². The molecule has 1 heterocycles. The summed E-state index contributed by atoms with van der Waals surface area (Å²) in [5.41, 5.74) is 4.61. The fourth-order valence-electron chi connectivity index (χ4n) is 2.61. The molecule has 0 fully saturated rings. The molecule has 6 nitrogen and oxygen atoms in total. The predicted octanol–water partition coefficient (Wildman–Crippen LogP) is 2.63. The van der Waals surface area contributed by atoms with E-state index in [0.29, 0.717) is 12.2 Å². The number of hydrogen-bond donors (Lipinski definition) is 3. The van der Waals surface area contributed by atoms with E-state index in [-0.39, 0.29) is 0 Å². The lowest BCUT2D eigenvalue weighted by Crippen LogP contribution is -2.15. The van der Waals surface area contributed by atoms with Crippen LogP contribution < -0.4 is 10.6 Å². The molecule has 1 amide bonds. The van der Waals surface area contributed by atoms with Gasteiger partial charge >= 0.3 is 0 Å². The van der Waals surface area contributed by atoms with Gasteiger partial charge in [-0.1, -0.05) is 36.4 Å². The second-order valence-corrected chi connectivity index (χ2v) is 5.68. The second kappa shape index (κ2) is 7.63. The molecule has 0 saturated carbocycles. The molecule has 0 aliphatic rings. The first kappa shape index (κ1) is 16.7. The molecular formula is C19H20N4O2. The number of amides is 1. The predicted molar refractivity (Wildman–Crippen MR) is 98.1 cm³/mol. The van der Waals surface area contributed by atoms with E-state index in [2.05, 4.69) is 15.7 Å². The smallest absolute Gasteiger partial charge is 0.250 e. The van der Waals surface area contributed by atoms with Crippen LogP contribution in [0.4, 0.5) is 11.4 Å². The average molecular weight is 336 g/mol. The molecule has 0 bridgehead atoms. The van der Waals surface area contributed by atoms with Crippen molar-refractivity contribution in [2.45, 2.75) is 6.54 Å². The average Bonchev–Trinajstić information content (AvgIpc) is 3.01. The molecule has 1 aromatic heterocycles. The molecule has 3 N–H and O–H groups in total. The maximum absolute atomic E-state index is 11.3. The Labute approximate surface area is 146 Å². The van der Waals surface area contributed by atoms with Crippen LogP contribution in [-0.4, -0.2) is 27.4 Å². The van der Waals surface area contributed by atoms with E-state index < -0.39 is 12.5 Å². The Morgan fingerprint density at radius 1 is 1.12 bits per heavy atom. The molecule has 0 saturated heterocycles. The van der Waals surface area contributed by atoms with Crippen molar-refractivity contribution in [1.29, 1.82) is 0 Å². The third kappa shape index (κ3) is 4.24. The number of hydrogen-bond acceptors (Lipinski definition) is 4. The van der Waals surface area contributed by atoms with E-state index in [1.807, 2.05) is 61.8 Å². The van der Waals surface area contributed by atoms with Crippen LogP contribution in [0.3, 0.4) is 0 Å². The van der Waals surface area contributed by atoms with Gasteiger partial charge in [0.2, 0.25) is 5.91 Å². The highest BCUT2D eigenvalue weighted by Gasteiger charge is 2.10. The van der Waals surface area contributed by atoms with Crippen molar-refractivity contribution < 1.29 is 9.90 Å². The molecule has 3 aromatic rings. The van der Waals surface area contributed by atoms with Gasteiger partial charge in [-0.25, -0.2) is 0 Å².